The number of imidazole rings is 1. The maximum Gasteiger partial charge on any atom is 0.141 e. The van der Waals surface area contributed by atoms with E-state index < -0.39 is 0 Å². The third kappa shape index (κ3) is 2.39. The molecule has 0 atom stereocenters. The summed E-state index contributed by atoms with van der Waals surface area (Å²) >= 11 is 3.60. The van der Waals surface area contributed by atoms with Crippen molar-refractivity contribution in [1.29, 1.82) is 0 Å². The van der Waals surface area contributed by atoms with Gasteiger partial charge in [-0.15, -0.1) is 0 Å². The maximum absolute atomic E-state index is 5.73. The lowest BCUT2D eigenvalue weighted by Gasteiger charge is -2.09. The smallest absolute Gasteiger partial charge is 0.141 e. The van der Waals surface area contributed by atoms with E-state index in [0.717, 1.165) is 39.0 Å². The van der Waals surface area contributed by atoms with Gasteiger partial charge in [0, 0.05) is 23.1 Å². The van der Waals surface area contributed by atoms with Crippen LogP contribution < -0.4 is 5.73 Å². The Kier molecular flexibility index (Phi) is 3.83. The van der Waals surface area contributed by atoms with Crippen LogP contribution in [-0.4, -0.2) is 9.55 Å². The minimum absolute atomic E-state index is 0.542. The molecule has 0 unspecified atom stereocenters. The molecule has 0 saturated heterocycles. The molecule has 0 bridgehead atoms. The minimum atomic E-state index is 0.542. The van der Waals surface area contributed by atoms with Gasteiger partial charge >= 0.3 is 0 Å². The number of hydrogen-bond acceptors (Lipinski definition) is 2. The Hall–Kier alpha value is -1.65. The van der Waals surface area contributed by atoms with Crippen LogP contribution in [0.25, 0.3) is 22.4 Å². The van der Waals surface area contributed by atoms with E-state index in [0.29, 0.717) is 6.54 Å². The van der Waals surface area contributed by atoms with Gasteiger partial charge in [-0.3, -0.25) is 0 Å². The van der Waals surface area contributed by atoms with Gasteiger partial charge in [-0.05, 0) is 43.2 Å². The van der Waals surface area contributed by atoms with Crippen molar-refractivity contribution in [3.63, 3.8) is 0 Å². The standard InChI is InChI=1S/C17H18BrN3/c1-3-21-16-8-7-12(10-19)9-15(16)20-17(21)13-5-4-6-14(18)11(13)2/h4-9H,3,10,19H2,1-2H3. The molecule has 0 spiro atoms. The summed E-state index contributed by atoms with van der Waals surface area (Å²) in [6, 6.07) is 12.5. The van der Waals surface area contributed by atoms with Gasteiger partial charge in [0.2, 0.25) is 0 Å². The summed E-state index contributed by atoms with van der Waals surface area (Å²) in [5.74, 6) is 1.01. The molecule has 1 heterocycles. The van der Waals surface area contributed by atoms with E-state index in [9.17, 15) is 0 Å². The molecule has 0 radical (unpaired) electrons. The number of halogens is 1. The second kappa shape index (κ2) is 5.62. The number of benzene rings is 2. The highest BCUT2D eigenvalue weighted by Crippen LogP contribution is 2.31. The molecular formula is C17H18BrN3. The summed E-state index contributed by atoms with van der Waals surface area (Å²) in [5.41, 5.74) is 11.4. The summed E-state index contributed by atoms with van der Waals surface area (Å²) in [5, 5.41) is 0. The number of aryl methyl sites for hydroxylation is 1. The van der Waals surface area contributed by atoms with Crippen LogP contribution in [0.3, 0.4) is 0 Å². The SMILES string of the molecule is CCn1c(-c2cccc(Br)c2C)nc2cc(CN)ccc21. The van der Waals surface area contributed by atoms with Crippen LogP contribution in [-0.2, 0) is 13.1 Å². The molecule has 21 heavy (non-hydrogen) atoms. The summed E-state index contributed by atoms with van der Waals surface area (Å²) in [4.78, 5) is 4.85. The molecular weight excluding hydrogens is 326 g/mol. The predicted molar refractivity (Wildman–Crippen MR) is 91.2 cm³/mol. The van der Waals surface area contributed by atoms with Crippen molar-refractivity contribution in [2.75, 3.05) is 0 Å². The van der Waals surface area contributed by atoms with E-state index in [1.54, 1.807) is 0 Å². The Morgan fingerprint density at radius 3 is 2.76 bits per heavy atom. The normalized spacial score (nSPS) is 11.2. The molecule has 0 amide bonds. The molecule has 0 saturated carbocycles. The van der Waals surface area contributed by atoms with Crippen molar-refractivity contribution in [1.82, 2.24) is 9.55 Å². The van der Waals surface area contributed by atoms with Crippen LogP contribution >= 0.6 is 15.9 Å². The van der Waals surface area contributed by atoms with E-state index in [1.165, 1.54) is 5.56 Å². The fourth-order valence-electron chi connectivity index (χ4n) is 2.68. The molecule has 4 heteroatoms. The first-order valence-electron chi connectivity index (χ1n) is 7.10. The van der Waals surface area contributed by atoms with Crippen LogP contribution in [0.1, 0.15) is 18.1 Å². The van der Waals surface area contributed by atoms with Crippen molar-refractivity contribution in [3.8, 4) is 11.4 Å². The van der Waals surface area contributed by atoms with Gasteiger partial charge in [0.25, 0.3) is 0 Å². The highest BCUT2D eigenvalue weighted by molar-refractivity contribution is 9.10. The number of aromatic nitrogens is 2. The highest BCUT2D eigenvalue weighted by Gasteiger charge is 2.14. The van der Waals surface area contributed by atoms with Crippen molar-refractivity contribution >= 4 is 27.0 Å². The monoisotopic (exact) mass is 343 g/mol. The van der Waals surface area contributed by atoms with E-state index in [4.69, 9.17) is 10.7 Å². The van der Waals surface area contributed by atoms with Crippen molar-refractivity contribution in [2.24, 2.45) is 5.73 Å². The molecule has 3 rings (SSSR count). The van der Waals surface area contributed by atoms with Crippen LogP contribution in [0.2, 0.25) is 0 Å². The predicted octanol–water partition coefficient (Wildman–Crippen LogP) is 4.25. The molecule has 2 aromatic carbocycles. The Labute approximate surface area is 132 Å². The number of nitrogens with zero attached hydrogens (tertiary/aromatic N) is 2. The van der Waals surface area contributed by atoms with Crippen LogP contribution in [0.15, 0.2) is 40.9 Å². The Balaban J connectivity index is 2.29. The average Bonchev–Trinajstić information content (AvgIpc) is 2.87. The topological polar surface area (TPSA) is 43.8 Å². The minimum Gasteiger partial charge on any atom is -0.326 e. The zero-order valence-corrected chi connectivity index (χ0v) is 13.8. The second-order valence-corrected chi connectivity index (χ2v) is 5.97. The fourth-order valence-corrected chi connectivity index (χ4v) is 3.04. The number of rotatable bonds is 3. The molecule has 1 aromatic heterocycles. The lowest BCUT2D eigenvalue weighted by molar-refractivity contribution is 0.795. The fraction of sp³-hybridized carbons (Fsp3) is 0.235. The lowest BCUT2D eigenvalue weighted by Crippen LogP contribution is -1.99. The second-order valence-electron chi connectivity index (χ2n) is 5.12. The van der Waals surface area contributed by atoms with Crippen LogP contribution in [0.4, 0.5) is 0 Å². The van der Waals surface area contributed by atoms with Crippen molar-refractivity contribution in [2.45, 2.75) is 26.9 Å². The summed E-state index contributed by atoms with van der Waals surface area (Å²) in [7, 11) is 0. The summed E-state index contributed by atoms with van der Waals surface area (Å²) < 4.78 is 3.36. The van der Waals surface area contributed by atoms with Crippen molar-refractivity contribution < 1.29 is 0 Å². The van der Waals surface area contributed by atoms with E-state index >= 15 is 0 Å². The average molecular weight is 344 g/mol. The Morgan fingerprint density at radius 1 is 1.24 bits per heavy atom. The van der Waals surface area contributed by atoms with E-state index in [2.05, 4.69) is 70.7 Å². The third-order valence-electron chi connectivity index (χ3n) is 3.87. The molecule has 2 N–H and O–H groups in total. The van der Waals surface area contributed by atoms with Gasteiger partial charge in [-0.25, -0.2) is 4.98 Å². The summed E-state index contributed by atoms with van der Waals surface area (Å²) in [6.45, 7) is 5.69. The van der Waals surface area contributed by atoms with E-state index in [-0.39, 0.29) is 0 Å². The zero-order chi connectivity index (χ0) is 15.0. The summed E-state index contributed by atoms with van der Waals surface area (Å²) in [6.07, 6.45) is 0. The Morgan fingerprint density at radius 2 is 2.05 bits per heavy atom. The molecule has 0 aliphatic carbocycles. The zero-order valence-electron chi connectivity index (χ0n) is 12.2. The molecule has 108 valence electrons. The van der Waals surface area contributed by atoms with Crippen LogP contribution in [0.5, 0.6) is 0 Å². The van der Waals surface area contributed by atoms with Crippen LogP contribution in [0, 0.1) is 6.92 Å². The maximum atomic E-state index is 5.73. The molecule has 0 aliphatic heterocycles. The van der Waals surface area contributed by atoms with Crippen molar-refractivity contribution in [3.05, 3.63) is 52.0 Å². The number of hydrogen-bond donors (Lipinski definition) is 1. The Bertz CT molecular complexity index is 805. The van der Waals surface area contributed by atoms with Gasteiger partial charge < -0.3 is 10.3 Å². The molecule has 0 aliphatic rings. The largest absolute Gasteiger partial charge is 0.326 e. The number of nitrogens with two attached hydrogens (primary N) is 1. The van der Waals surface area contributed by atoms with Gasteiger partial charge in [-0.1, -0.05) is 34.1 Å². The molecule has 3 aromatic rings. The van der Waals surface area contributed by atoms with Gasteiger partial charge in [-0.2, -0.15) is 0 Å². The molecule has 0 fully saturated rings. The van der Waals surface area contributed by atoms with E-state index in [1.807, 2.05) is 0 Å². The highest BCUT2D eigenvalue weighted by atomic mass is 79.9. The van der Waals surface area contributed by atoms with Gasteiger partial charge in [0.1, 0.15) is 5.82 Å². The first-order chi connectivity index (χ1) is 10.2. The first kappa shape index (κ1) is 14.3. The quantitative estimate of drug-likeness (QED) is 0.772. The van der Waals surface area contributed by atoms with Gasteiger partial charge in [0.05, 0.1) is 11.0 Å². The molecule has 3 nitrogen and oxygen atoms in total. The number of fused-ring (bicyclic) bond motifs is 1. The lowest BCUT2D eigenvalue weighted by atomic mass is 10.1. The third-order valence-corrected chi connectivity index (χ3v) is 4.73. The van der Waals surface area contributed by atoms with Gasteiger partial charge in [0.15, 0.2) is 0 Å². The first-order valence-corrected chi connectivity index (χ1v) is 7.89.